The number of nitrogens with zero attached hydrogens (tertiary/aromatic N) is 1. The van der Waals surface area contributed by atoms with Crippen LogP contribution in [0.15, 0.2) is 54.6 Å². The Hall–Kier alpha value is -2.13. The van der Waals surface area contributed by atoms with Crippen molar-refractivity contribution in [2.45, 2.75) is 13.0 Å². The molecule has 0 fully saturated rings. The van der Waals surface area contributed by atoms with Gasteiger partial charge in [-0.05, 0) is 36.7 Å². The second-order valence-electron chi connectivity index (χ2n) is 5.16. The number of rotatable bonds is 6. The molecule has 0 amide bonds. The van der Waals surface area contributed by atoms with Gasteiger partial charge in [0.15, 0.2) is 0 Å². The van der Waals surface area contributed by atoms with Crippen molar-refractivity contribution in [1.82, 2.24) is 4.90 Å². The molecule has 0 saturated carbocycles. The summed E-state index contributed by atoms with van der Waals surface area (Å²) in [7, 11) is 3.50. The molecule has 0 N–H and O–H groups in total. The number of carbonyl (C=O) groups excluding carboxylic acids is 1. The van der Waals surface area contributed by atoms with Crippen LogP contribution in [0.2, 0.25) is 0 Å². The summed E-state index contributed by atoms with van der Waals surface area (Å²) in [4.78, 5) is 13.7. The minimum Gasteiger partial charge on any atom is -0.465 e. The molecule has 0 spiro atoms. The van der Waals surface area contributed by atoms with Crippen molar-refractivity contribution in [2.24, 2.45) is 0 Å². The fourth-order valence-electron chi connectivity index (χ4n) is 2.22. The summed E-state index contributed by atoms with van der Waals surface area (Å²) in [6.45, 7) is 1.87. The second-order valence-corrected chi connectivity index (χ2v) is 5.16. The molecule has 0 radical (unpaired) electrons. The van der Waals surface area contributed by atoms with Crippen molar-refractivity contribution in [3.63, 3.8) is 0 Å². The maximum absolute atomic E-state index is 11.4. The van der Waals surface area contributed by atoms with E-state index in [0.29, 0.717) is 5.56 Å². The quantitative estimate of drug-likeness (QED) is 0.763. The Morgan fingerprint density at radius 2 is 1.67 bits per heavy atom. The third-order valence-corrected chi connectivity index (χ3v) is 3.45. The first-order valence-electron chi connectivity index (χ1n) is 7.09. The molecule has 2 aromatic carbocycles. The maximum Gasteiger partial charge on any atom is 0.337 e. The fourth-order valence-corrected chi connectivity index (χ4v) is 2.22. The zero-order valence-electron chi connectivity index (χ0n) is 12.6. The van der Waals surface area contributed by atoms with Crippen LogP contribution in [-0.2, 0) is 17.7 Å². The Balaban J connectivity index is 1.85. The third kappa shape index (κ3) is 4.72. The normalized spacial score (nSPS) is 10.6. The maximum atomic E-state index is 11.4. The fraction of sp³-hybridized carbons (Fsp3) is 0.278. The zero-order chi connectivity index (χ0) is 15.1. The van der Waals surface area contributed by atoms with E-state index in [2.05, 4.69) is 36.2 Å². The first-order valence-corrected chi connectivity index (χ1v) is 7.09. The molecule has 0 aromatic heterocycles. The van der Waals surface area contributed by atoms with E-state index >= 15 is 0 Å². The van der Waals surface area contributed by atoms with Gasteiger partial charge in [-0.1, -0.05) is 42.5 Å². The second kappa shape index (κ2) is 7.60. The van der Waals surface area contributed by atoms with E-state index in [9.17, 15) is 4.79 Å². The zero-order valence-corrected chi connectivity index (χ0v) is 12.6. The Kier molecular flexibility index (Phi) is 5.52. The van der Waals surface area contributed by atoms with Crippen LogP contribution in [-0.4, -0.2) is 31.6 Å². The van der Waals surface area contributed by atoms with Gasteiger partial charge >= 0.3 is 5.97 Å². The predicted octanol–water partition coefficient (Wildman–Crippen LogP) is 3.15. The molecule has 0 unspecified atom stereocenters. The molecule has 2 aromatic rings. The number of ether oxygens (including phenoxy) is 1. The van der Waals surface area contributed by atoms with Crippen LogP contribution in [0.25, 0.3) is 0 Å². The van der Waals surface area contributed by atoms with E-state index in [0.717, 1.165) is 19.5 Å². The summed E-state index contributed by atoms with van der Waals surface area (Å²) in [6.07, 6.45) is 1.04. The van der Waals surface area contributed by atoms with E-state index in [4.69, 9.17) is 4.74 Å². The molecular weight excluding hydrogens is 262 g/mol. The SMILES string of the molecule is COC(=O)c1ccc(CN(C)CCc2ccccc2)cc1. The smallest absolute Gasteiger partial charge is 0.337 e. The highest BCUT2D eigenvalue weighted by Crippen LogP contribution is 2.09. The summed E-state index contributed by atoms with van der Waals surface area (Å²) in [5.41, 5.74) is 3.14. The summed E-state index contributed by atoms with van der Waals surface area (Å²) >= 11 is 0. The first-order chi connectivity index (χ1) is 10.2. The van der Waals surface area contributed by atoms with Gasteiger partial charge < -0.3 is 9.64 Å². The van der Waals surface area contributed by atoms with Crippen molar-refractivity contribution in [1.29, 1.82) is 0 Å². The van der Waals surface area contributed by atoms with Crippen molar-refractivity contribution in [3.8, 4) is 0 Å². The molecule has 0 heterocycles. The molecule has 0 saturated heterocycles. The van der Waals surface area contributed by atoms with Crippen LogP contribution in [0.5, 0.6) is 0 Å². The molecule has 0 aliphatic rings. The largest absolute Gasteiger partial charge is 0.465 e. The Morgan fingerprint density at radius 3 is 2.29 bits per heavy atom. The first kappa shape index (κ1) is 15.3. The molecule has 3 nitrogen and oxygen atoms in total. The molecular formula is C18H21NO2. The van der Waals surface area contributed by atoms with Crippen LogP contribution < -0.4 is 0 Å². The van der Waals surface area contributed by atoms with Crippen LogP contribution in [0.4, 0.5) is 0 Å². The standard InChI is InChI=1S/C18H21NO2/c1-19(13-12-15-6-4-3-5-7-15)14-16-8-10-17(11-9-16)18(20)21-2/h3-11H,12-14H2,1-2H3. The molecule has 21 heavy (non-hydrogen) atoms. The van der Waals surface area contributed by atoms with Gasteiger partial charge in [-0.2, -0.15) is 0 Å². The predicted molar refractivity (Wildman–Crippen MR) is 84.3 cm³/mol. The topological polar surface area (TPSA) is 29.5 Å². The lowest BCUT2D eigenvalue weighted by atomic mass is 10.1. The van der Waals surface area contributed by atoms with Crippen LogP contribution in [0.3, 0.4) is 0 Å². The van der Waals surface area contributed by atoms with Gasteiger partial charge in [0, 0.05) is 13.1 Å². The van der Waals surface area contributed by atoms with Gasteiger partial charge in [0.25, 0.3) is 0 Å². The lowest BCUT2D eigenvalue weighted by Gasteiger charge is -2.16. The molecule has 0 atom stereocenters. The average molecular weight is 283 g/mol. The minimum absolute atomic E-state index is 0.293. The number of esters is 1. The number of hydrogen-bond donors (Lipinski definition) is 0. The Morgan fingerprint density at radius 1 is 1.00 bits per heavy atom. The van der Waals surface area contributed by atoms with Crippen molar-refractivity contribution in [3.05, 3.63) is 71.3 Å². The van der Waals surface area contributed by atoms with E-state index in [1.807, 2.05) is 30.3 Å². The Bertz CT molecular complexity index is 564. The lowest BCUT2D eigenvalue weighted by molar-refractivity contribution is 0.0600. The van der Waals surface area contributed by atoms with E-state index in [-0.39, 0.29) is 5.97 Å². The van der Waals surface area contributed by atoms with Crippen molar-refractivity contribution in [2.75, 3.05) is 20.7 Å². The highest BCUT2D eigenvalue weighted by Gasteiger charge is 2.05. The molecule has 0 aliphatic heterocycles. The monoisotopic (exact) mass is 283 g/mol. The molecule has 0 bridgehead atoms. The average Bonchev–Trinajstić information content (AvgIpc) is 2.54. The highest BCUT2D eigenvalue weighted by molar-refractivity contribution is 5.89. The number of benzene rings is 2. The number of hydrogen-bond acceptors (Lipinski definition) is 3. The summed E-state index contributed by atoms with van der Waals surface area (Å²) in [6, 6.07) is 18.1. The van der Waals surface area contributed by atoms with Gasteiger partial charge in [-0.25, -0.2) is 4.79 Å². The van der Waals surface area contributed by atoms with Gasteiger partial charge in [0.2, 0.25) is 0 Å². The van der Waals surface area contributed by atoms with E-state index in [1.165, 1.54) is 18.2 Å². The van der Waals surface area contributed by atoms with Crippen LogP contribution in [0.1, 0.15) is 21.5 Å². The minimum atomic E-state index is -0.293. The molecule has 2 rings (SSSR count). The van der Waals surface area contributed by atoms with E-state index < -0.39 is 0 Å². The van der Waals surface area contributed by atoms with E-state index in [1.54, 1.807) is 0 Å². The number of methoxy groups -OCH3 is 1. The van der Waals surface area contributed by atoms with Gasteiger partial charge in [-0.15, -0.1) is 0 Å². The van der Waals surface area contributed by atoms with Crippen LogP contribution in [0, 0.1) is 0 Å². The van der Waals surface area contributed by atoms with Gasteiger partial charge in [-0.3, -0.25) is 0 Å². The molecule has 0 aliphatic carbocycles. The summed E-state index contributed by atoms with van der Waals surface area (Å²) in [5.74, 6) is -0.293. The molecule has 110 valence electrons. The van der Waals surface area contributed by atoms with Crippen LogP contribution >= 0.6 is 0 Å². The lowest BCUT2D eigenvalue weighted by Crippen LogP contribution is -2.20. The van der Waals surface area contributed by atoms with Crippen molar-refractivity contribution >= 4 is 5.97 Å². The Labute approximate surface area is 126 Å². The number of carbonyl (C=O) groups is 1. The van der Waals surface area contributed by atoms with Crippen molar-refractivity contribution < 1.29 is 9.53 Å². The summed E-state index contributed by atoms with van der Waals surface area (Å²) < 4.78 is 4.70. The molecule has 3 heteroatoms. The van der Waals surface area contributed by atoms with Gasteiger partial charge in [0.05, 0.1) is 12.7 Å². The number of likely N-dealkylation sites (N-methyl/N-ethyl adjacent to an activating group) is 1. The third-order valence-electron chi connectivity index (χ3n) is 3.45. The highest BCUT2D eigenvalue weighted by atomic mass is 16.5. The summed E-state index contributed by atoms with van der Waals surface area (Å²) in [5, 5.41) is 0. The van der Waals surface area contributed by atoms with Gasteiger partial charge in [0.1, 0.15) is 0 Å².